The van der Waals surface area contributed by atoms with Crippen molar-refractivity contribution in [3.63, 3.8) is 0 Å². The van der Waals surface area contributed by atoms with Gasteiger partial charge in [0.1, 0.15) is 12.4 Å². The number of carboxylic acid groups (broad SMARTS) is 1. The summed E-state index contributed by atoms with van der Waals surface area (Å²) in [6, 6.07) is 3.52. The third-order valence-electron chi connectivity index (χ3n) is 2.19. The Balaban J connectivity index is 2.47. The molecule has 1 aromatic rings. The Bertz CT molecular complexity index is 324. The van der Waals surface area contributed by atoms with Gasteiger partial charge < -0.3 is 9.84 Å². The zero-order valence-electron chi connectivity index (χ0n) is 9.59. The minimum absolute atomic E-state index is 0.194. The third kappa shape index (κ3) is 4.29. The summed E-state index contributed by atoms with van der Waals surface area (Å²) in [4.78, 5) is 14.9. The van der Waals surface area contributed by atoms with Crippen LogP contribution in [0.25, 0.3) is 0 Å². The van der Waals surface area contributed by atoms with Gasteiger partial charge in [-0.3, -0.25) is 9.78 Å². The second kappa shape index (κ2) is 6.10. The van der Waals surface area contributed by atoms with Gasteiger partial charge in [-0.1, -0.05) is 13.8 Å². The molecule has 1 aromatic heterocycles. The van der Waals surface area contributed by atoms with Crippen molar-refractivity contribution in [2.75, 3.05) is 6.61 Å². The maximum Gasteiger partial charge on any atom is 0.309 e. The Labute approximate surface area is 95.3 Å². The summed E-state index contributed by atoms with van der Waals surface area (Å²) in [5, 5.41) is 9.00. The van der Waals surface area contributed by atoms with E-state index in [-0.39, 0.29) is 6.61 Å². The van der Waals surface area contributed by atoms with Crippen molar-refractivity contribution in [2.24, 2.45) is 11.8 Å². The standard InChI is InChI=1S/C12H17NO3/c1-9(2)6-10(12(14)15)8-16-11-4-3-5-13-7-11/h3-5,7,9-10H,6,8H2,1-2H3,(H,14,15). The summed E-state index contributed by atoms with van der Waals surface area (Å²) in [5.74, 6) is -0.311. The molecule has 1 unspecified atom stereocenters. The van der Waals surface area contributed by atoms with Gasteiger partial charge in [0.05, 0.1) is 12.1 Å². The number of aliphatic carboxylic acids is 1. The zero-order valence-corrected chi connectivity index (χ0v) is 9.59. The highest BCUT2D eigenvalue weighted by molar-refractivity contribution is 5.70. The Kier molecular flexibility index (Phi) is 4.76. The number of pyridine rings is 1. The molecule has 4 nitrogen and oxygen atoms in total. The molecule has 4 heteroatoms. The molecule has 1 heterocycles. The molecule has 1 atom stereocenters. The minimum Gasteiger partial charge on any atom is -0.491 e. The van der Waals surface area contributed by atoms with Crippen LogP contribution in [0.2, 0.25) is 0 Å². The minimum atomic E-state index is -0.808. The van der Waals surface area contributed by atoms with E-state index in [1.807, 2.05) is 13.8 Å². The monoisotopic (exact) mass is 223 g/mol. The number of hydrogen-bond donors (Lipinski definition) is 1. The molecule has 0 radical (unpaired) electrons. The van der Waals surface area contributed by atoms with E-state index in [0.717, 1.165) is 0 Å². The molecule has 0 saturated heterocycles. The van der Waals surface area contributed by atoms with Crippen LogP contribution in [-0.2, 0) is 4.79 Å². The van der Waals surface area contributed by atoms with Crippen molar-refractivity contribution in [3.05, 3.63) is 24.5 Å². The van der Waals surface area contributed by atoms with Gasteiger partial charge >= 0.3 is 5.97 Å². The molecule has 16 heavy (non-hydrogen) atoms. The summed E-state index contributed by atoms with van der Waals surface area (Å²) < 4.78 is 5.39. The van der Waals surface area contributed by atoms with Crippen LogP contribution in [0.15, 0.2) is 24.5 Å². The molecular formula is C12H17NO3. The topological polar surface area (TPSA) is 59.4 Å². The summed E-state index contributed by atoms with van der Waals surface area (Å²) in [6.45, 7) is 4.19. The lowest BCUT2D eigenvalue weighted by molar-refractivity contribution is -0.143. The smallest absolute Gasteiger partial charge is 0.309 e. The summed E-state index contributed by atoms with van der Waals surface area (Å²) >= 11 is 0. The number of nitrogens with zero attached hydrogens (tertiary/aromatic N) is 1. The first-order chi connectivity index (χ1) is 7.59. The van der Waals surface area contributed by atoms with E-state index >= 15 is 0 Å². The third-order valence-corrected chi connectivity index (χ3v) is 2.19. The van der Waals surface area contributed by atoms with Crippen LogP contribution < -0.4 is 4.74 Å². The lowest BCUT2D eigenvalue weighted by Crippen LogP contribution is -2.23. The molecule has 0 saturated carbocycles. The summed E-state index contributed by atoms with van der Waals surface area (Å²) in [5.41, 5.74) is 0. The van der Waals surface area contributed by atoms with Crippen LogP contribution in [0, 0.1) is 11.8 Å². The second-order valence-corrected chi connectivity index (χ2v) is 4.16. The zero-order chi connectivity index (χ0) is 12.0. The summed E-state index contributed by atoms with van der Waals surface area (Å²) in [6.07, 6.45) is 3.85. The van der Waals surface area contributed by atoms with Gasteiger partial charge in [-0.05, 0) is 24.5 Å². The lowest BCUT2D eigenvalue weighted by Gasteiger charge is -2.15. The number of rotatable bonds is 6. The fourth-order valence-corrected chi connectivity index (χ4v) is 1.44. The molecule has 1 rings (SSSR count). The van der Waals surface area contributed by atoms with Crippen molar-refractivity contribution in [3.8, 4) is 5.75 Å². The Morgan fingerprint density at radius 3 is 2.81 bits per heavy atom. The largest absolute Gasteiger partial charge is 0.491 e. The molecule has 0 aromatic carbocycles. The van der Waals surface area contributed by atoms with E-state index in [1.165, 1.54) is 0 Å². The molecule has 0 amide bonds. The average Bonchev–Trinajstić information content (AvgIpc) is 2.25. The average molecular weight is 223 g/mol. The van der Waals surface area contributed by atoms with E-state index in [4.69, 9.17) is 9.84 Å². The van der Waals surface area contributed by atoms with E-state index in [9.17, 15) is 4.79 Å². The number of aromatic nitrogens is 1. The number of hydrogen-bond acceptors (Lipinski definition) is 3. The van der Waals surface area contributed by atoms with Crippen LogP contribution in [0.4, 0.5) is 0 Å². The van der Waals surface area contributed by atoms with E-state index in [1.54, 1.807) is 24.5 Å². The Morgan fingerprint density at radius 1 is 1.56 bits per heavy atom. The van der Waals surface area contributed by atoms with Gasteiger partial charge in [0, 0.05) is 6.20 Å². The molecule has 0 bridgehead atoms. The van der Waals surface area contributed by atoms with Crippen molar-refractivity contribution >= 4 is 5.97 Å². The van der Waals surface area contributed by atoms with E-state index in [0.29, 0.717) is 18.1 Å². The lowest BCUT2D eigenvalue weighted by atomic mass is 9.98. The first-order valence-electron chi connectivity index (χ1n) is 5.35. The van der Waals surface area contributed by atoms with Crippen molar-refractivity contribution < 1.29 is 14.6 Å². The maximum absolute atomic E-state index is 11.0. The first-order valence-corrected chi connectivity index (χ1v) is 5.35. The molecule has 0 aliphatic carbocycles. The van der Waals surface area contributed by atoms with Gasteiger partial charge in [-0.25, -0.2) is 0 Å². The molecule has 0 aliphatic rings. The van der Waals surface area contributed by atoms with Gasteiger partial charge in [-0.2, -0.15) is 0 Å². The van der Waals surface area contributed by atoms with Crippen LogP contribution in [-0.4, -0.2) is 22.7 Å². The molecule has 88 valence electrons. The van der Waals surface area contributed by atoms with E-state index in [2.05, 4.69) is 4.98 Å². The fraction of sp³-hybridized carbons (Fsp3) is 0.500. The molecule has 1 N–H and O–H groups in total. The fourth-order valence-electron chi connectivity index (χ4n) is 1.44. The van der Waals surface area contributed by atoms with Crippen LogP contribution in [0.5, 0.6) is 5.75 Å². The van der Waals surface area contributed by atoms with Gasteiger partial charge in [0.25, 0.3) is 0 Å². The first kappa shape index (κ1) is 12.5. The predicted molar refractivity (Wildman–Crippen MR) is 60.3 cm³/mol. The molecule has 0 fully saturated rings. The summed E-state index contributed by atoms with van der Waals surface area (Å²) in [7, 11) is 0. The van der Waals surface area contributed by atoms with Crippen LogP contribution >= 0.6 is 0 Å². The molecule has 0 aliphatic heterocycles. The van der Waals surface area contributed by atoms with Crippen molar-refractivity contribution in [2.45, 2.75) is 20.3 Å². The van der Waals surface area contributed by atoms with Crippen molar-refractivity contribution in [1.29, 1.82) is 0 Å². The van der Waals surface area contributed by atoms with Gasteiger partial charge in [0.2, 0.25) is 0 Å². The number of carboxylic acids is 1. The van der Waals surface area contributed by atoms with E-state index < -0.39 is 11.9 Å². The van der Waals surface area contributed by atoms with Crippen LogP contribution in [0.1, 0.15) is 20.3 Å². The number of ether oxygens (including phenoxy) is 1. The highest BCUT2D eigenvalue weighted by Crippen LogP contribution is 2.15. The maximum atomic E-state index is 11.0. The quantitative estimate of drug-likeness (QED) is 0.803. The number of carbonyl (C=O) groups is 1. The highest BCUT2D eigenvalue weighted by Gasteiger charge is 2.19. The molecule has 0 spiro atoms. The van der Waals surface area contributed by atoms with Gasteiger partial charge in [0.15, 0.2) is 0 Å². The normalized spacial score (nSPS) is 12.4. The Hall–Kier alpha value is -1.58. The Morgan fingerprint density at radius 2 is 2.31 bits per heavy atom. The highest BCUT2D eigenvalue weighted by atomic mass is 16.5. The predicted octanol–water partition coefficient (Wildman–Crippen LogP) is 2.21. The second-order valence-electron chi connectivity index (χ2n) is 4.16. The van der Waals surface area contributed by atoms with Crippen LogP contribution in [0.3, 0.4) is 0 Å². The SMILES string of the molecule is CC(C)CC(COc1cccnc1)C(=O)O. The molecular weight excluding hydrogens is 206 g/mol. The van der Waals surface area contributed by atoms with Crippen molar-refractivity contribution in [1.82, 2.24) is 4.98 Å². The van der Waals surface area contributed by atoms with Gasteiger partial charge in [-0.15, -0.1) is 0 Å².